The smallest absolute Gasteiger partial charge is 0.265 e. The van der Waals surface area contributed by atoms with Gasteiger partial charge < -0.3 is 20.1 Å². The van der Waals surface area contributed by atoms with Crippen LogP contribution in [0.25, 0.3) is 0 Å². The average molecular weight is 370 g/mol. The van der Waals surface area contributed by atoms with Crippen molar-refractivity contribution in [2.24, 2.45) is 0 Å². The van der Waals surface area contributed by atoms with E-state index in [0.717, 1.165) is 11.1 Å². The van der Waals surface area contributed by atoms with Crippen LogP contribution in [0.15, 0.2) is 42.5 Å². The van der Waals surface area contributed by atoms with Gasteiger partial charge in [0.15, 0.2) is 6.10 Å². The van der Waals surface area contributed by atoms with Crippen molar-refractivity contribution in [1.29, 1.82) is 0 Å². The highest BCUT2D eigenvalue weighted by Crippen LogP contribution is 2.19. The van der Waals surface area contributed by atoms with E-state index in [9.17, 15) is 9.59 Å². The highest BCUT2D eigenvalue weighted by atomic mass is 16.5. The number of hydrogen-bond donors (Lipinski definition) is 2. The number of para-hydroxylation sites is 1. The summed E-state index contributed by atoms with van der Waals surface area (Å²) >= 11 is 0. The van der Waals surface area contributed by atoms with Gasteiger partial charge in [0.05, 0.1) is 17.9 Å². The van der Waals surface area contributed by atoms with Crippen LogP contribution in [0.1, 0.15) is 28.4 Å². The number of hydrogen-bond acceptors (Lipinski definition) is 4. The van der Waals surface area contributed by atoms with E-state index in [4.69, 9.17) is 9.47 Å². The third-order valence-corrected chi connectivity index (χ3v) is 4.18. The largest absolute Gasteiger partial charge is 0.481 e. The summed E-state index contributed by atoms with van der Waals surface area (Å²) in [5, 5.41) is 5.52. The number of amides is 2. The van der Waals surface area contributed by atoms with E-state index in [0.29, 0.717) is 30.2 Å². The Morgan fingerprint density at radius 2 is 1.81 bits per heavy atom. The molecule has 0 aliphatic heterocycles. The first-order valence-corrected chi connectivity index (χ1v) is 8.83. The zero-order valence-electron chi connectivity index (χ0n) is 16.2. The van der Waals surface area contributed by atoms with Crippen molar-refractivity contribution in [2.45, 2.75) is 26.9 Å². The van der Waals surface area contributed by atoms with Gasteiger partial charge in [-0.15, -0.1) is 0 Å². The van der Waals surface area contributed by atoms with Gasteiger partial charge in [-0.25, -0.2) is 0 Å². The molecule has 0 spiro atoms. The number of ether oxygens (including phenoxy) is 2. The Balaban J connectivity index is 2.04. The van der Waals surface area contributed by atoms with Crippen molar-refractivity contribution in [3.05, 3.63) is 59.2 Å². The minimum absolute atomic E-state index is 0.273. The number of benzene rings is 2. The Morgan fingerprint density at radius 1 is 1.07 bits per heavy atom. The molecule has 1 atom stereocenters. The van der Waals surface area contributed by atoms with Crippen LogP contribution in [-0.2, 0) is 9.53 Å². The molecule has 2 aromatic rings. The lowest BCUT2D eigenvalue weighted by Gasteiger charge is -2.17. The Bertz CT molecular complexity index is 805. The molecule has 2 amide bonds. The second kappa shape index (κ2) is 9.73. The van der Waals surface area contributed by atoms with Crippen LogP contribution in [0.3, 0.4) is 0 Å². The normalized spacial score (nSPS) is 11.6. The predicted molar refractivity (Wildman–Crippen MR) is 105 cm³/mol. The lowest BCUT2D eigenvalue weighted by atomic mass is 10.1. The molecule has 2 rings (SSSR count). The summed E-state index contributed by atoms with van der Waals surface area (Å²) in [4.78, 5) is 24.8. The molecule has 2 aromatic carbocycles. The Kier molecular flexibility index (Phi) is 7.37. The molecule has 0 saturated carbocycles. The van der Waals surface area contributed by atoms with Gasteiger partial charge in [-0.05, 0) is 56.2 Å². The van der Waals surface area contributed by atoms with E-state index in [2.05, 4.69) is 10.6 Å². The number of aryl methyl sites for hydroxylation is 2. The van der Waals surface area contributed by atoms with Crippen molar-refractivity contribution < 1.29 is 19.1 Å². The molecule has 6 heteroatoms. The number of carbonyl (C=O) groups is 2. The summed E-state index contributed by atoms with van der Waals surface area (Å²) in [6.07, 6.45) is -0.711. The highest BCUT2D eigenvalue weighted by Gasteiger charge is 2.18. The molecule has 0 aromatic heterocycles. The Labute approximate surface area is 159 Å². The van der Waals surface area contributed by atoms with Gasteiger partial charge in [-0.2, -0.15) is 0 Å². The highest BCUT2D eigenvalue weighted by molar-refractivity contribution is 6.04. The average Bonchev–Trinajstić information content (AvgIpc) is 2.65. The molecule has 0 radical (unpaired) electrons. The summed E-state index contributed by atoms with van der Waals surface area (Å²) in [5.74, 6) is 0.0300. The number of carbonyl (C=O) groups excluding carboxylic acids is 2. The van der Waals surface area contributed by atoms with Gasteiger partial charge in [-0.1, -0.05) is 18.2 Å². The van der Waals surface area contributed by atoms with Crippen molar-refractivity contribution >= 4 is 17.5 Å². The minimum Gasteiger partial charge on any atom is -0.481 e. The molecule has 0 aliphatic carbocycles. The fourth-order valence-electron chi connectivity index (χ4n) is 2.43. The molecule has 2 N–H and O–H groups in total. The van der Waals surface area contributed by atoms with Crippen LogP contribution in [-0.4, -0.2) is 38.2 Å². The SMILES string of the molecule is COCCNC(=O)c1ccccc1NC(=O)[C@H](C)Oc1ccc(C)c(C)c1. The first-order valence-electron chi connectivity index (χ1n) is 8.83. The first-order chi connectivity index (χ1) is 12.9. The number of nitrogens with one attached hydrogen (secondary N) is 2. The summed E-state index contributed by atoms with van der Waals surface area (Å²) in [7, 11) is 1.57. The van der Waals surface area contributed by atoms with Gasteiger partial charge in [0, 0.05) is 13.7 Å². The van der Waals surface area contributed by atoms with E-state index in [1.165, 1.54) is 0 Å². The molecule has 0 bridgehead atoms. The standard InChI is InChI=1S/C21H26N2O4/c1-14-9-10-17(13-15(14)2)27-16(3)20(24)23-19-8-6-5-7-18(19)21(25)22-11-12-26-4/h5-10,13,16H,11-12H2,1-4H3,(H,22,25)(H,23,24)/t16-/m0/s1. The first kappa shape index (κ1) is 20.5. The summed E-state index contributed by atoms with van der Waals surface area (Å²) < 4.78 is 10.7. The van der Waals surface area contributed by atoms with E-state index >= 15 is 0 Å². The van der Waals surface area contributed by atoms with Crippen molar-refractivity contribution in [3.8, 4) is 5.75 Å². The number of rotatable bonds is 8. The van der Waals surface area contributed by atoms with Gasteiger partial charge >= 0.3 is 0 Å². The van der Waals surface area contributed by atoms with Crippen LogP contribution >= 0.6 is 0 Å². The molecule has 0 saturated heterocycles. The topological polar surface area (TPSA) is 76.7 Å². The molecule has 0 aliphatic rings. The molecule has 0 unspecified atom stereocenters. The quantitative estimate of drug-likeness (QED) is 0.700. The van der Waals surface area contributed by atoms with Gasteiger partial charge in [0.2, 0.25) is 0 Å². The van der Waals surface area contributed by atoms with Crippen molar-refractivity contribution in [1.82, 2.24) is 5.32 Å². The predicted octanol–water partition coefficient (Wildman–Crippen LogP) is 3.09. The van der Waals surface area contributed by atoms with Crippen LogP contribution in [0.2, 0.25) is 0 Å². The minimum atomic E-state index is -0.711. The molecule has 27 heavy (non-hydrogen) atoms. The van der Waals surface area contributed by atoms with E-state index in [-0.39, 0.29) is 11.8 Å². The number of anilines is 1. The van der Waals surface area contributed by atoms with Gasteiger partial charge in [0.25, 0.3) is 11.8 Å². The van der Waals surface area contributed by atoms with E-state index < -0.39 is 6.10 Å². The summed E-state index contributed by atoms with van der Waals surface area (Å²) in [6, 6.07) is 12.5. The Hall–Kier alpha value is -2.86. The fraction of sp³-hybridized carbons (Fsp3) is 0.333. The summed E-state index contributed by atoms with van der Waals surface area (Å²) in [6.45, 7) is 6.49. The van der Waals surface area contributed by atoms with E-state index in [1.807, 2.05) is 32.0 Å². The zero-order valence-corrected chi connectivity index (χ0v) is 16.2. The van der Waals surface area contributed by atoms with Crippen LogP contribution in [0.5, 0.6) is 5.75 Å². The van der Waals surface area contributed by atoms with Crippen LogP contribution < -0.4 is 15.4 Å². The molecule has 0 fully saturated rings. The van der Waals surface area contributed by atoms with Gasteiger partial charge in [0.1, 0.15) is 5.75 Å². The molecule has 6 nitrogen and oxygen atoms in total. The third kappa shape index (κ3) is 5.82. The zero-order chi connectivity index (χ0) is 19.8. The molecular weight excluding hydrogens is 344 g/mol. The van der Waals surface area contributed by atoms with Crippen molar-refractivity contribution in [3.63, 3.8) is 0 Å². The molecular formula is C21H26N2O4. The third-order valence-electron chi connectivity index (χ3n) is 4.18. The van der Waals surface area contributed by atoms with Crippen LogP contribution in [0.4, 0.5) is 5.69 Å². The lowest BCUT2D eigenvalue weighted by molar-refractivity contribution is -0.122. The maximum absolute atomic E-state index is 12.5. The lowest BCUT2D eigenvalue weighted by Crippen LogP contribution is -2.32. The second-order valence-corrected chi connectivity index (χ2v) is 6.29. The second-order valence-electron chi connectivity index (χ2n) is 6.29. The maximum Gasteiger partial charge on any atom is 0.265 e. The van der Waals surface area contributed by atoms with E-state index in [1.54, 1.807) is 38.3 Å². The molecule has 0 heterocycles. The molecule has 144 valence electrons. The maximum atomic E-state index is 12.5. The monoisotopic (exact) mass is 370 g/mol. The number of methoxy groups -OCH3 is 1. The summed E-state index contributed by atoms with van der Waals surface area (Å²) in [5.41, 5.74) is 3.08. The fourth-order valence-corrected chi connectivity index (χ4v) is 2.43. The Morgan fingerprint density at radius 3 is 2.52 bits per heavy atom. The van der Waals surface area contributed by atoms with Crippen molar-refractivity contribution in [2.75, 3.05) is 25.6 Å². The van der Waals surface area contributed by atoms with Gasteiger partial charge in [-0.3, -0.25) is 9.59 Å². The van der Waals surface area contributed by atoms with Crippen LogP contribution in [0, 0.1) is 13.8 Å².